The lowest BCUT2D eigenvalue weighted by molar-refractivity contribution is 0.0949. The van der Waals surface area contributed by atoms with Crippen LogP contribution in [0.15, 0.2) is 95.4 Å². The highest BCUT2D eigenvalue weighted by molar-refractivity contribution is 6.07. The van der Waals surface area contributed by atoms with E-state index < -0.39 is 5.91 Å². The van der Waals surface area contributed by atoms with Gasteiger partial charge in [0.25, 0.3) is 11.8 Å². The van der Waals surface area contributed by atoms with Gasteiger partial charge >= 0.3 is 0 Å². The van der Waals surface area contributed by atoms with Crippen molar-refractivity contribution in [2.45, 2.75) is 19.9 Å². The Bertz CT molecular complexity index is 1600. The smallest absolute Gasteiger partial charge is 0.252 e. The molecule has 4 aromatic carbocycles. The van der Waals surface area contributed by atoms with Crippen molar-refractivity contribution in [3.8, 4) is 11.1 Å². The summed E-state index contributed by atoms with van der Waals surface area (Å²) < 4.78 is 19.3. The monoisotopic (exact) mass is 492 g/mol. The summed E-state index contributed by atoms with van der Waals surface area (Å²) in [4.78, 5) is 25.2. The highest BCUT2D eigenvalue weighted by Gasteiger charge is 2.20. The zero-order chi connectivity index (χ0) is 25.9. The minimum absolute atomic E-state index is 0.175. The van der Waals surface area contributed by atoms with Crippen molar-refractivity contribution in [1.82, 2.24) is 5.32 Å². The summed E-state index contributed by atoms with van der Waals surface area (Å²) in [7, 11) is 0. The van der Waals surface area contributed by atoms with Gasteiger partial charge in [0.2, 0.25) is 0 Å². The Labute approximate surface area is 213 Å². The van der Waals surface area contributed by atoms with E-state index in [0.717, 1.165) is 22.3 Å². The number of halogens is 1. The first-order chi connectivity index (χ1) is 17.9. The third kappa shape index (κ3) is 5.28. The lowest BCUT2D eigenvalue weighted by atomic mass is 9.99. The molecular weight excluding hydrogens is 467 g/mol. The molecule has 0 radical (unpaired) electrons. The quantitative estimate of drug-likeness (QED) is 0.285. The molecule has 0 bridgehead atoms. The van der Waals surface area contributed by atoms with E-state index in [1.165, 1.54) is 17.7 Å². The normalized spacial score (nSPS) is 11.0. The zero-order valence-electron chi connectivity index (χ0n) is 20.3. The number of nitrogens with one attached hydrogen (secondary N) is 1. The molecule has 5 nitrogen and oxygen atoms in total. The standard InChI is InChI=1S/C31H25FN2O3/c1-19-5-7-21(8-6-19)18-34-31(36)24-4-2-3-22(16-24)23-11-14-27-26(17-23)29(30(33)35)28(37-27)15-20-9-12-25(32)13-10-20/h2-14,16-17H,15,18H2,1H3,(H2,33,35)(H,34,36). The number of aryl methyl sites for hydroxylation is 1. The SMILES string of the molecule is Cc1ccc(CNC(=O)c2cccc(-c3ccc4oc(Cc5ccc(F)cc5)c(C(N)=O)c4c3)c2)cc1. The summed E-state index contributed by atoms with van der Waals surface area (Å²) in [6.45, 7) is 2.45. The van der Waals surface area contributed by atoms with Gasteiger partial charge in [0, 0.05) is 23.9 Å². The van der Waals surface area contributed by atoms with Gasteiger partial charge in [-0.1, -0.05) is 60.2 Å². The van der Waals surface area contributed by atoms with Crippen LogP contribution < -0.4 is 11.1 Å². The van der Waals surface area contributed by atoms with Gasteiger partial charge in [0.05, 0.1) is 5.56 Å². The summed E-state index contributed by atoms with van der Waals surface area (Å²) in [6.07, 6.45) is 0.305. The van der Waals surface area contributed by atoms with Crippen molar-refractivity contribution in [3.63, 3.8) is 0 Å². The van der Waals surface area contributed by atoms with E-state index in [1.54, 1.807) is 24.3 Å². The first kappa shape index (κ1) is 24.0. The van der Waals surface area contributed by atoms with Crippen LogP contribution >= 0.6 is 0 Å². The first-order valence-corrected chi connectivity index (χ1v) is 11.9. The number of hydrogen-bond donors (Lipinski definition) is 2. The molecule has 5 aromatic rings. The molecule has 3 N–H and O–H groups in total. The number of benzene rings is 4. The minimum atomic E-state index is -0.600. The van der Waals surface area contributed by atoms with E-state index in [1.807, 2.05) is 61.5 Å². The number of carbonyl (C=O) groups excluding carboxylic acids is 2. The van der Waals surface area contributed by atoms with Gasteiger partial charge in [-0.2, -0.15) is 0 Å². The second kappa shape index (κ2) is 10.1. The molecule has 184 valence electrons. The van der Waals surface area contributed by atoms with Crippen molar-refractivity contribution in [2.24, 2.45) is 5.73 Å². The van der Waals surface area contributed by atoms with Gasteiger partial charge < -0.3 is 15.5 Å². The fraction of sp³-hybridized carbons (Fsp3) is 0.0968. The molecule has 1 heterocycles. The minimum Gasteiger partial charge on any atom is -0.460 e. The van der Waals surface area contributed by atoms with Crippen LogP contribution in [0.5, 0.6) is 0 Å². The van der Waals surface area contributed by atoms with Crippen LogP contribution in [0.1, 0.15) is 43.2 Å². The third-order valence-corrected chi connectivity index (χ3v) is 6.32. The van der Waals surface area contributed by atoms with Crippen LogP contribution in [0.3, 0.4) is 0 Å². The average Bonchev–Trinajstić information content (AvgIpc) is 3.27. The number of rotatable bonds is 7. The number of fused-ring (bicyclic) bond motifs is 1. The average molecular weight is 493 g/mol. The molecule has 0 saturated carbocycles. The highest BCUT2D eigenvalue weighted by atomic mass is 19.1. The Morgan fingerprint density at radius 2 is 1.57 bits per heavy atom. The van der Waals surface area contributed by atoms with Crippen LogP contribution in [0.25, 0.3) is 22.1 Å². The van der Waals surface area contributed by atoms with Gasteiger partial charge in [-0.3, -0.25) is 9.59 Å². The topological polar surface area (TPSA) is 85.3 Å². The number of amides is 2. The molecule has 5 rings (SSSR count). The Morgan fingerprint density at radius 3 is 2.30 bits per heavy atom. The zero-order valence-corrected chi connectivity index (χ0v) is 20.3. The summed E-state index contributed by atoms with van der Waals surface area (Å²) >= 11 is 0. The number of nitrogens with two attached hydrogens (primary N) is 1. The maximum absolute atomic E-state index is 13.3. The van der Waals surface area contributed by atoms with Gasteiger partial charge in [0.1, 0.15) is 17.2 Å². The third-order valence-electron chi connectivity index (χ3n) is 6.32. The molecule has 0 saturated heterocycles. The van der Waals surface area contributed by atoms with Crippen LogP contribution in [0, 0.1) is 12.7 Å². The summed E-state index contributed by atoms with van der Waals surface area (Å²) in [5.74, 6) is -0.682. The molecule has 37 heavy (non-hydrogen) atoms. The fourth-order valence-electron chi connectivity index (χ4n) is 4.34. The Kier molecular flexibility index (Phi) is 6.56. The van der Waals surface area contributed by atoms with Crippen molar-refractivity contribution in [2.75, 3.05) is 0 Å². The van der Waals surface area contributed by atoms with Crippen LogP contribution in [-0.4, -0.2) is 11.8 Å². The lowest BCUT2D eigenvalue weighted by Gasteiger charge is -2.08. The van der Waals surface area contributed by atoms with E-state index in [-0.39, 0.29) is 11.7 Å². The van der Waals surface area contributed by atoms with Crippen molar-refractivity contribution < 1.29 is 18.4 Å². The van der Waals surface area contributed by atoms with Gasteiger partial charge in [0.15, 0.2) is 0 Å². The number of hydrogen-bond acceptors (Lipinski definition) is 3. The molecule has 0 aliphatic carbocycles. The molecular formula is C31H25FN2O3. The second-order valence-electron chi connectivity index (χ2n) is 9.03. The van der Waals surface area contributed by atoms with E-state index in [4.69, 9.17) is 10.2 Å². The van der Waals surface area contributed by atoms with Crippen LogP contribution in [-0.2, 0) is 13.0 Å². The van der Waals surface area contributed by atoms with Crippen LogP contribution in [0.4, 0.5) is 4.39 Å². The Hall–Kier alpha value is -4.71. The maximum atomic E-state index is 13.3. The molecule has 2 amide bonds. The summed E-state index contributed by atoms with van der Waals surface area (Å²) in [5, 5.41) is 3.55. The largest absolute Gasteiger partial charge is 0.460 e. The van der Waals surface area contributed by atoms with Crippen LogP contribution in [0.2, 0.25) is 0 Å². The van der Waals surface area contributed by atoms with E-state index >= 15 is 0 Å². The fourth-order valence-corrected chi connectivity index (χ4v) is 4.34. The molecule has 0 spiro atoms. The van der Waals surface area contributed by atoms with E-state index in [9.17, 15) is 14.0 Å². The maximum Gasteiger partial charge on any atom is 0.252 e. The summed E-state index contributed by atoms with van der Waals surface area (Å²) in [5.41, 5.74) is 11.7. The molecule has 0 unspecified atom stereocenters. The van der Waals surface area contributed by atoms with Gasteiger partial charge in [-0.15, -0.1) is 0 Å². The van der Waals surface area contributed by atoms with Crippen molar-refractivity contribution >= 4 is 22.8 Å². The molecule has 0 aliphatic heterocycles. The van der Waals surface area contributed by atoms with Crippen molar-refractivity contribution in [1.29, 1.82) is 0 Å². The van der Waals surface area contributed by atoms with E-state index in [2.05, 4.69) is 5.32 Å². The number of primary amides is 1. The Balaban J connectivity index is 1.42. The van der Waals surface area contributed by atoms with Crippen molar-refractivity contribution in [3.05, 3.63) is 130 Å². The molecule has 0 fully saturated rings. The molecule has 6 heteroatoms. The molecule has 0 atom stereocenters. The predicted octanol–water partition coefficient (Wildman–Crippen LogP) is 6.17. The Morgan fingerprint density at radius 1 is 0.865 bits per heavy atom. The molecule has 1 aromatic heterocycles. The lowest BCUT2D eigenvalue weighted by Crippen LogP contribution is -2.22. The van der Waals surface area contributed by atoms with Gasteiger partial charge in [-0.25, -0.2) is 4.39 Å². The van der Waals surface area contributed by atoms with Gasteiger partial charge in [-0.05, 0) is 65.6 Å². The second-order valence-corrected chi connectivity index (χ2v) is 9.03. The molecule has 0 aliphatic rings. The summed E-state index contributed by atoms with van der Waals surface area (Å²) in [6, 6.07) is 26.9. The highest BCUT2D eigenvalue weighted by Crippen LogP contribution is 2.32. The number of carbonyl (C=O) groups is 2. The number of furan rings is 1. The first-order valence-electron chi connectivity index (χ1n) is 11.9. The van der Waals surface area contributed by atoms with E-state index in [0.29, 0.717) is 40.8 Å². The predicted molar refractivity (Wildman–Crippen MR) is 142 cm³/mol.